The van der Waals surface area contributed by atoms with Crippen LogP contribution < -0.4 is 132 Å². The predicted molar refractivity (Wildman–Crippen MR) is 138 cm³/mol. The van der Waals surface area contributed by atoms with Gasteiger partial charge in [-0.05, 0) is 24.9 Å². The molecule has 38 heavy (non-hydrogen) atoms. The van der Waals surface area contributed by atoms with Crippen molar-refractivity contribution in [3.63, 3.8) is 0 Å². The van der Waals surface area contributed by atoms with Crippen molar-refractivity contribution in [2.24, 2.45) is 0 Å². The van der Waals surface area contributed by atoms with Crippen LogP contribution in [0.15, 0.2) is 24.3 Å². The number of rotatable bonds is 19. The molecule has 0 atom stereocenters. The number of ether oxygens (including phenoxy) is 1. The van der Waals surface area contributed by atoms with Crippen LogP contribution in [0.5, 0.6) is 0 Å². The first-order valence-corrected chi connectivity index (χ1v) is 12.2. The van der Waals surface area contributed by atoms with E-state index in [-0.39, 0.29) is 174 Å². The third kappa shape index (κ3) is 22.9. The van der Waals surface area contributed by atoms with Gasteiger partial charge in [0.25, 0.3) is 0 Å². The summed E-state index contributed by atoms with van der Waals surface area (Å²) in [6, 6.07) is 6.85. The molecule has 1 aromatic carbocycles. The number of amides is 5. The fourth-order valence-electron chi connectivity index (χ4n) is 2.96. The Morgan fingerprint density at radius 1 is 0.895 bits per heavy atom. The van der Waals surface area contributed by atoms with Crippen LogP contribution in [-0.2, 0) is 36.9 Å². The second kappa shape index (κ2) is 27.3. The monoisotopic (exact) mass is 675 g/mol. The summed E-state index contributed by atoms with van der Waals surface area (Å²) in [4.78, 5) is 56.7. The minimum Gasteiger partial charge on any atom is -0.648 e. The summed E-state index contributed by atoms with van der Waals surface area (Å²) >= 11 is 0. The first-order valence-electron chi connectivity index (χ1n) is 12.2. The Kier molecular flexibility index (Phi) is 29.0. The number of nitrogens with zero attached hydrogens (tertiary/aromatic N) is 2. The minimum absolute atomic E-state index is 0. The summed E-state index contributed by atoms with van der Waals surface area (Å²) in [7, 11) is 1.55. The van der Waals surface area contributed by atoms with Gasteiger partial charge >= 0.3 is 116 Å². The molecule has 0 bridgehead atoms. The molecule has 0 radical (unpaired) electrons. The Bertz CT molecular complexity index is 834. The van der Waals surface area contributed by atoms with Crippen LogP contribution in [0.1, 0.15) is 51.1 Å². The Labute approximate surface area is 324 Å². The van der Waals surface area contributed by atoms with Gasteiger partial charge in [-0.2, -0.15) is 0 Å². The molecule has 11 nitrogen and oxygen atoms in total. The average molecular weight is 677 g/mol. The number of carbonyl (C=O) groups is 5. The molecule has 5 amide bonds. The van der Waals surface area contributed by atoms with Crippen molar-refractivity contribution in [2.75, 3.05) is 39.9 Å². The topological polar surface area (TPSA) is 159 Å². The molecule has 0 aliphatic carbocycles. The summed E-state index contributed by atoms with van der Waals surface area (Å²) in [5, 5.41) is 15.7. The number of nitrogens with one attached hydrogen (secondary N) is 3. The van der Waals surface area contributed by atoms with Gasteiger partial charge in [0, 0.05) is 34.5 Å². The fraction of sp³-hybridized carbons (Fsp3) is 0.560. The number of hydrogen-bond acceptors (Lipinski definition) is 6. The van der Waals surface area contributed by atoms with Crippen molar-refractivity contribution in [2.45, 2.75) is 51.5 Å². The maximum Gasteiger partial charge on any atom is 1.00 e. The predicted octanol–water partition coefficient (Wildman–Crippen LogP) is -3.61. The van der Waals surface area contributed by atoms with Crippen LogP contribution in [0, 0.1) is 0 Å². The second-order valence-corrected chi connectivity index (χ2v) is 8.01. The van der Waals surface area contributed by atoms with Crippen LogP contribution in [0.2, 0.25) is 0 Å². The van der Waals surface area contributed by atoms with E-state index in [0.717, 1.165) is 36.7 Å². The van der Waals surface area contributed by atoms with Crippen molar-refractivity contribution in [1.29, 1.82) is 0 Å². The average Bonchev–Trinajstić information content (AvgIpc) is 2.87. The van der Waals surface area contributed by atoms with Gasteiger partial charge in [-0.1, -0.05) is 49.2 Å². The zero-order valence-corrected chi connectivity index (χ0v) is 32.8. The Morgan fingerprint density at radius 2 is 1.61 bits per heavy atom. The molecule has 3 N–H and O–H groups in total. The summed E-state index contributed by atoms with van der Waals surface area (Å²) in [5.41, 5.74) is 1.65. The zero-order chi connectivity index (χ0) is 26.4. The van der Waals surface area contributed by atoms with Gasteiger partial charge in [-0.3, -0.25) is 14.4 Å². The number of unbranched alkanes of at least 4 members (excludes halogenated alkanes) is 3. The SMILES string of the molecule is CNC(=O)CCNC(=O)Cc1ccc(C[N-]C(=O)COCCC[N-]C(=O)NCCCCCC=O)cc1.[HH].[Rb+].[Rb+]. The van der Waals surface area contributed by atoms with E-state index in [2.05, 4.69) is 26.6 Å². The Hall–Kier alpha value is 0.140. The molecule has 0 unspecified atom stereocenters. The molecule has 0 saturated carbocycles. The van der Waals surface area contributed by atoms with Gasteiger partial charge in [-0.25, -0.2) is 0 Å². The van der Waals surface area contributed by atoms with Crippen LogP contribution in [0.25, 0.3) is 10.6 Å². The van der Waals surface area contributed by atoms with Gasteiger partial charge in [0.05, 0.1) is 18.9 Å². The van der Waals surface area contributed by atoms with Gasteiger partial charge in [0.15, 0.2) is 6.03 Å². The quantitative estimate of drug-likeness (QED) is 0.102. The first-order chi connectivity index (χ1) is 17.4. The molecule has 0 aliphatic rings. The molecule has 1 rings (SSSR count). The Balaban J connectivity index is -0.00000432. The van der Waals surface area contributed by atoms with E-state index in [1.54, 1.807) is 19.2 Å². The molecule has 0 aromatic heterocycles. The summed E-state index contributed by atoms with van der Waals surface area (Å²) < 4.78 is 5.29. The smallest absolute Gasteiger partial charge is 0.648 e. The van der Waals surface area contributed by atoms with Crippen molar-refractivity contribution < 1.29 is 147 Å². The molecular weight excluding hydrogens is 637 g/mol. The standard InChI is InChI=1S/C25H39N5O6.2Rb.H2/c1-26-22(32)11-14-27-23(33)17-20-7-9-21(10-8-20)18-30-24(34)19-36-16-6-13-29-25(35)28-12-4-2-3-5-15-31;;;/h7-10,15H,2-6,11-14,16-19H2,1H3,(H5,26,27,28,29,30,32,33,34,35);;;1H/q;2*+1;/p-2. The molecule has 0 heterocycles. The number of benzene rings is 1. The van der Waals surface area contributed by atoms with Gasteiger partial charge in [0.1, 0.15) is 6.29 Å². The van der Waals surface area contributed by atoms with E-state index in [1.807, 2.05) is 12.1 Å². The molecule has 0 fully saturated rings. The van der Waals surface area contributed by atoms with E-state index in [1.165, 1.54) is 0 Å². The number of carbonyl (C=O) groups excluding carboxylic acids is 5. The molecule has 202 valence electrons. The maximum atomic E-state index is 11.9. The molecular formula is C25H39N5O6Rb2. The normalized spacial score (nSPS) is 9.71. The van der Waals surface area contributed by atoms with Crippen molar-refractivity contribution in [1.82, 2.24) is 16.0 Å². The number of urea groups is 1. The molecule has 0 saturated heterocycles. The zero-order valence-electron chi connectivity index (χ0n) is 22.9. The van der Waals surface area contributed by atoms with Gasteiger partial charge in [0.2, 0.25) is 11.8 Å². The Morgan fingerprint density at radius 3 is 2.29 bits per heavy atom. The third-order valence-corrected chi connectivity index (χ3v) is 4.98. The minimum atomic E-state index is -0.376. The number of aldehydes is 1. The van der Waals surface area contributed by atoms with Gasteiger partial charge in [-0.15, -0.1) is 6.54 Å². The van der Waals surface area contributed by atoms with E-state index in [0.29, 0.717) is 32.5 Å². The summed E-state index contributed by atoms with van der Waals surface area (Å²) in [5.74, 6) is -0.673. The van der Waals surface area contributed by atoms with Crippen LogP contribution in [0.4, 0.5) is 4.79 Å². The summed E-state index contributed by atoms with van der Waals surface area (Å²) in [6.07, 6.45) is 4.92. The van der Waals surface area contributed by atoms with E-state index < -0.39 is 0 Å². The van der Waals surface area contributed by atoms with Crippen molar-refractivity contribution >= 4 is 30.0 Å². The third-order valence-electron chi connectivity index (χ3n) is 4.98. The second-order valence-electron chi connectivity index (χ2n) is 8.01. The maximum absolute atomic E-state index is 11.9. The van der Waals surface area contributed by atoms with Crippen LogP contribution in [-0.4, -0.2) is 69.9 Å². The molecule has 0 spiro atoms. The molecule has 0 aliphatic heterocycles. The molecule has 1 aromatic rings. The van der Waals surface area contributed by atoms with E-state index in [9.17, 15) is 24.0 Å². The van der Waals surface area contributed by atoms with Crippen molar-refractivity contribution in [3.05, 3.63) is 46.0 Å². The van der Waals surface area contributed by atoms with Crippen molar-refractivity contribution in [3.8, 4) is 0 Å². The first kappa shape index (κ1) is 40.3. The summed E-state index contributed by atoms with van der Waals surface area (Å²) in [6.45, 7) is 1.50. The largest absolute Gasteiger partial charge is 1.00 e. The van der Waals surface area contributed by atoms with Crippen LogP contribution >= 0.6 is 0 Å². The molecule has 13 heteroatoms. The fourth-order valence-corrected chi connectivity index (χ4v) is 2.96. The van der Waals surface area contributed by atoms with Gasteiger partial charge < -0.3 is 40.9 Å². The van der Waals surface area contributed by atoms with E-state index >= 15 is 0 Å². The number of hydrogen-bond donors (Lipinski definition) is 3. The van der Waals surface area contributed by atoms with E-state index in [4.69, 9.17) is 4.74 Å². The van der Waals surface area contributed by atoms with Crippen LogP contribution in [0.3, 0.4) is 0 Å².